The number of hydrogen-bond donors (Lipinski definition) is 0. The van der Waals surface area contributed by atoms with Crippen LogP contribution in [0.2, 0.25) is 0 Å². The molecule has 0 saturated carbocycles. The van der Waals surface area contributed by atoms with E-state index in [1.807, 2.05) is 0 Å². The molecule has 0 amide bonds. The molecule has 0 spiro atoms. The number of nitrogens with zero attached hydrogens (tertiary/aromatic N) is 1. The van der Waals surface area contributed by atoms with Crippen LogP contribution in [0.15, 0.2) is 33.5 Å². The Hall–Kier alpha value is -2.17. The number of methoxy groups -OCH3 is 1. The number of rotatable bonds is 1. The number of hydrogen-bond acceptors (Lipinski definition) is 5. The minimum Gasteiger partial charge on any atom is -0.462 e. The Bertz CT molecular complexity index is 573. The second kappa shape index (κ2) is 3.53. The Kier molecular flexibility index (Phi) is 2.21. The van der Waals surface area contributed by atoms with Crippen molar-refractivity contribution in [2.45, 2.75) is 0 Å². The lowest BCUT2D eigenvalue weighted by atomic mass is 10.2. The van der Waals surface area contributed by atoms with Gasteiger partial charge in [0.1, 0.15) is 5.58 Å². The summed E-state index contributed by atoms with van der Waals surface area (Å²) in [5.74, 6) is -1.10. The van der Waals surface area contributed by atoms with Crippen molar-refractivity contribution in [3.63, 3.8) is 0 Å². The molecule has 1 heterocycles. The van der Waals surface area contributed by atoms with Gasteiger partial charge in [0.15, 0.2) is 0 Å². The third-order valence-corrected chi connectivity index (χ3v) is 1.89. The van der Waals surface area contributed by atoms with Crippen LogP contribution in [0.3, 0.4) is 0 Å². The van der Waals surface area contributed by atoms with Crippen molar-refractivity contribution in [3.05, 3.63) is 40.5 Å². The van der Waals surface area contributed by atoms with Gasteiger partial charge in [0.2, 0.25) is 0 Å². The van der Waals surface area contributed by atoms with E-state index in [0.29, 0.717) is 11.0 Å². The van der Waals surface area contributed by atoms with Gasteiger partial charge >= 0.3 is 11.9 Å². The maximum atomic E-state index is 11.4. The average molecular weight is 205 g/mol. The molecule has 76 valence electrons. The van der Waals surface area contributed by atoms with Crippen LogP contribution in [-0.4, -0.2) is 18.1 Å². The number of benzene rings is 1. The molecule has 0 atom stereocenters. The molecule has 2 aromatic rings. The Morgan fingerprint density at radius 3 is 2.87 bits per heavy atom. The second-order valence-electron chi connectivity index (χ2n) is 2.81. The van der Waals surface area contributed by atoms with Crippen molar-refractivity contribution in [1.29, 1.82) is 0 Å². The van der Waals surface area contributed by atoms with Crippen molar-refractivity contribution < 1.29 is 13.9 Å². The maximum absolute atomic E-state index is 11.4. The summed E-state index contributed by atoms with van der Waals surface area (Å²) in [6.07, 6.45) is 0. The van der Waals surface area contributed by atoms with Crippen LogP contribution in [0.5, 0.6) is 0 Å². The maximum Gasteiger partial charge on any atom is 0.394 e. The van der Waals surface area contributed by atoms with Crippen molar-refractivity contribution >= 4 is 16.9 Å². The molecule has 5 nitrogen and oxygen atoms in total. The SMILES string of the molecule is COC(=O)c1nc(=O)c2ccccc2o1. The van der Waals surface area contributed by atoms with E-state index in [9.17, 15) is 9.59 Å². The van der Waals surface area contributed by atoms with Gasteiger partial charge in [-0.3, -0.25) is 4.79 Å². The molecule has 15 heavy (non-hydrogen) atoms. The number of para-hydroxylation sites is 1. The van der Waals surface area contributed by atoms with Crippen LogP contribution in [0, 0.1) is 0 Å². The molecule has 0 aliphatic heterocycles. The van der Waals surface area contributed by atoms with E-state index < -0.39 is 11.5 Å². The second-order valence-corrected chi connectivity index (χ2v) is 2.81. The van der Waals surface area contributed by atoms with Gasteiger partial charge in [-0.15, -0.1) is 0 Å². The zero-order valence-corrected chi connectivity index (χ0v) is 7.89. The first kappa shape index (κ1) is 9.39. The van der Waals surface area contributed by atoms with Gasteiger partial charge in [-0.2, -0.15) is 4.98 Å². The molecule has 0 fully saturated rings. The third kappa shape index (κ3) is 1.59. The van der Waals surface area contributed by atoms with Gasteiger partial charge in [-0.1, -0.05) is 12.1 Å². The number of esters is 1. The van der Waals surface area contributed by atoms with Crippen LogP contribution < -0.4 is 5.56 Å². The van der Waals surface area contributed by atoms with E-state index in [-0.39, 0.29) is 5.89 Å². The molecule has 0 N–H and O–H groups in total. The van der Waals surface area contributed by atoms with Crippen LogP contribution >= 0.6 is 0 Å². The summed E-state index contributed by atoms with van der Waals surface area (Å²) >= 11 is 0. The summed E-state index contributed by atoms with van der Waals surface area (Å²) in [4.78, 5) is 26.0. The minimum atomic E-state index is -0.766. The van der Waals surface area contributed by atoms with Crippen molar-refractivity contribution in [1.82, 2.24) is 4.98 Å². The summed E-state index contributed by atoms with van der Waals surface area (Å²) in [5, 5.41) is 0.338. The molecule has 2 rings (SSSR count). The molecule has 1 aromatic heterocycles. The molecule has 1 aromatic carbocycles. The van der Waals surface area contributed by atoms with E-state index in [1.54, 1.807) is 24.3 Å². The first-order chi connectivity index (χ1) is 7.22. The molecule has 5 heteroatoms. The molecule has 0 aliphatic rings. The van der Waals surface area contributed by atoms with Gasteiger partial charge in [-0.25, -0.2) is 4.79 Å². The van der Waals surface area contributed by atoms with Gasteiger partial charge in [-0.05, 0) is 12.1 Å². The predicted octanol–water partition coefficient (Wildman–Crippen LogP) is 0.975. The molecular formula is C10H7NO4. The standard InChI is InChI=1S/C10H7NO4/c1-14-10(13)9-11-8(12)6-4-2-3-5-7(6)15-9/h2-5H,1H3. The molecule has 0 bridgehead atoms. The fourth-order valence-corrected chi connectivity index (χ4v) is 1.19. The Labute approximate surface area is 84.3 Å². The van der Waals surface area contributed by atoms with Crippen molar-refractivity contribution in [3.8, 4) is 0 Å². The molecule has 0 saturated heterocycles. The Morgan fingerprint density at radius 1 is 1.40 bits per heavy atom. The lowest BCUT2D eigenvalue weighted by Gasteiger charge is -1.98. The molecule has 0 aliphatic carbocycles. The number of fused-ring (bicyclic) bond motifs is 1. The topological polar surface area (TPSA) is 69.4 Å². The van der Waals surface area contributed by atoms with Crippen LogP contribution in [0.1, 0.15) is 10.7 Å². The fourth-order valence-electron chi connectivity index (χ4n) is 1.19. The lowest BCUT2D eigenvalue weighted by Crippen LogP contribution is -2.14. The summed E-state index contributed by atoms with van der Waals surface area (Å²) in [7, 11) is 1.19. The highest BCUT2D eigenvalue weighted by atomic mass is 16.5. The first-order valence-electron chi connectivity index (χ1n) is 4.20. The summed E-state index contributed by atoms with van der Waals surface area (Å²) in [6.45, 7) is 0. The monoisotopic (exact) mass is 205 g/mol. The van der Waals surface area contributed by atoms with Crippen LogP contribution in [-0.2, 0) is 4.74 Å². The lowest BCUT2D eigenvalue weighted by molar-refractivity contribution is 0.0555. The minimum absolute atomic E-state index is 0.318. The van der Waals surface area contributed by atoms with Crippen molar-refractivity contribution in [2.24, 2.45) is 0 Å². The van der Waals surface area contributed by atoms with Gasteiger partial charge in [0.25, 0.3) is 5.56 Å². The smallest absolute Gasteiger partial charge is 0.394 e. The van der Waals surface area contributed by atoms with Crippen LogP contribution in [0.25, 0.3) is 11.0 Å². The largest absolute Gasteiger partial charge is 0.462 e. The number of ether oxygens (including phenoxy) is 1. The Morgan fingerprint density at radius 2 is 2.13 bits per heavy atom. The van der Waals surface area contributed by atoms with Crippen molar-refractivity contribution in [2.75, 3.05) is 7.11 Å². The van der Waals surface area contributed by atoms with E-state index in [4.69, 9.17) is 4.42 Å². The zero-order chi connectivity index (χ0) is 10.8. The van der Waals surface area contributed by atoms with Crippen LogP contribution in [0.4, 0.5) is 0 Å². The van der Waals surface area contributed by atoms with E-state index in [1.165, 1.54) is 7.11 Å². The summed E-state index contributed by atoms with van der Waals surface area (Å²) in [5.41, 5.74) is -0.185. The highest BCUT2D eigenvalue weighted by Crippen LogP contribution is 2.09. The fraction of sp³-hybridized carbons (Fsp3) is 0.100. The number of aromatic nitrogens is 1. The van der Waals surface area contributed by atoms with Gasteiger partial charge < -0.3 is 9.15 Å². The average Bonchev–Trinajstić information content (AvgIpc) is 2.28. The van der Waals surface area contributed by atoms with E-state index in [2.05, 4.69) is 9.72 Å². The molecule has 0 radical (unpaired) electrons. The summed E-state index contributed by atoms with van der Waals surface area (Å²) < 4.78 is 9.52. The zero-order valence-electron chi connectivity index (χ0n) is 7.89. The quantitative estimate of drug-likeness (QED) is 0.649. The molecular weight excluding hydrogens is 198 g/mol. The van der Waals surface area contributed by atoms with Gasteiger partial charge in [0.05, 0.1) is 12.5 Å². The third-order valence-electron chi connectivity index (χ3n) is 1.89. The van der Waals surface area contributed by atoms with E-state index >= 15 is 0 Å². The summed E-state index contributed by atoms with van der Waals surface area (Å²) in [6, 6.07) is 6.56. The highest BCUT2D eigenvalue weighted by Gasteiger charge is 2.13. The normalized spacial score (nSPS) is 10.2. The first-order valence-corrected chi connectivity index (χ1v) is 4.20. The number of carbonyl (C=O) groups is 1. The van der Waals surface area contributed by atoms with Gasteiger partial charge in [0, 0.05) is 0 Å². The highest BCUT2D eigenvalue weighted by molar-refractivity contribution is 5.86. The number of carbonyl (C=O) groups excluding carboxylic acids is 1. The predicted molar refractivity (Wildman–Crippen MR) is 51.6 cm³/mol. The van der Waals surface area contributed by atoms with E-state index in [0.717, 1.165) is 0 Å². The molecule has 0 unspecified atom stereocenters. The Balaban J connectivity index is 2.73.